The molecule has 0 amide bonds. The summed E-state index contributed by atoms with van der Waals surface area (Å²) in [6.07, 6.45) is -3.49. The number of sulfone groups is 1. The highest BCUT2D eigenvalue weighted by Gasteiger charge is 2.30. The van der Waals surface area contributed by atoms with E-state index in [0.717, 1.165) is 11.9 Å². The van der Waals surface area contributed by atoms with Crippen molar-refractivity contribution in [1.82, 2.24) is 14.6 Å². The fourth-order valence-corrected chi connectivity index (χ4v) is 4.94. The zero-order chi connectivity index (χ0) is 25.0. The maximum atomic E-state index is 12.3. The van der Waals surface area contributed by atoms with Crippen LogP contribution >= 0.6 is 0 Å². The first kappa shape index (κ1) is 25.8. The van der Waals surface area contributed by atoms with Crippen LogP contribution in [0.25, 0.3) is 0 Å². The van der Waals surface area contributed by atoms with E-state index in [1.807, 2.05) is 9.80 Å². The van der Waals surface area contributed by atoms with Crippen LogP contribution in [0.2, 0.25) is 0 Å². The maximum absolute atomic E-state index is 12.3. The first-order valence-corrected chi connectivity index (χ1v) is 12.9. The lowest BCUT2D eigenvalue weighted by Gasteiger charge is -2.35. The molecule has 0 aliphatic carbocycles. The van der Waals surface area contributed by atoms with Crippen LogP contribution in [-0.2, 0) is 19.9 Å². The second kappa shape index (κ2) is 10.2. The lowest BCUT2D eigenvalue weighted by molar-refractivity contribution is -0.121. The van der Waals surface area contributed by atoms with Crippen molar-refractivity contribution in [1.29, 1.82) is 0 Å². The summed E-state index contributed by atoms with van der Waals surface area (Å²) >= 11 is 0. The molecule has 0 atom stereocenters. The van der Waals surface area contributed by atoms with Gasteiger partial charge in [-0.05, 0) is 36.4 Å². The van der Waals surface area contributed by atoms with Crippen LogP contribution in [0.15, 0.2) is 52.4 Å². The molecule has 3 rings (SSSR count). The molecule has 184 valence electrons. The van der Waals surface area contributed by atoms with Gasteiger partial charge < -0.3 is 10.6 Å². The Labute approximate surface area is 195 Å². The Hall–Kier alpha value is -2.86. The van der Waals surface area contributed by atoms with Gasteiger partial charge in [-0.2, -0.15) is 13.2 Å². The topological polar surface area (TPSA) is 126 Å². The highest BCUT2D eigenvalue weighted by molar-refractivity contribution is 7.96. The number of rotatable bonds is 6. The highest BCUT2D eigenvalue weighted by atomic mass is 32.2. The number of pyridine rings is 1. The SMILES string of the molecule is Nc1ccc(S(=O)(=O)C#CCN2CCN(c3ccc(S(=O)(=O)NCC(F)(F)F)cc3)CC2)cn1. The van der Waals surface area contributed by atoms with Crippen molar-refractivity contribution in [2.24, 2.45) is 0 Å². The molecule has 1 aliphatic heterocycles. The molecule has 0 unspecified atom stereocenters. The summed E-state index contributed by atoms with van der Waals surface area (Å²) in [6.45, 7) is 0.942. The molecule has 2 heterocycles. The number of hydrogen-bond acceptors (Lipinski definition) is 8. The number of anilines is 2. The van der Waals surface area contributed by atoms with Crippen LogP contribution in [-0.4, -0.2) is 72.2 Å². The minimum absolute atomic E-state index is 0.0295. The van der Waals surface area contributed by atoms with Crippen LogP contribution in [0.3, 0.4) is 0 Å². The molecule has 3 N–H and O–H groups in total. The van der Waals surface area contributed by atoms with Gasteiger partial charge >= 0.3 is 6.18 Å². The number of nitrogens with two attached hydrogens (primary N) is 1. The lowest BCUT2D eigenvalue weighted by Crippen LogP contribution is -2.46. The summed E-state index contributed by atoms with van der Waals surface area (Å²) in [6, 6.07) is 8.30. The number of nitrogen functional groups attached to an aromatic ring is 1. The number of piperazine rings is 1. The van der Waals surface area contributed by atoms with Gasteiger partial charge in [-0.3, -0.25) is 4.90 Å². The minimum Gasteiger partial charge on any atom is -0.384 e. The number of nitrogens with zero attached hydrogens (tertiary/aromatic N) is 3. The zero-order valence-corrected chi connectivity index (χ0v) is 19.4. The predicted molar refractivity (Wildman–Crippen MR) is 120 cm³/mol. The van der Waals surface area contributed by atoms with Gasteiger partial charge in [-0.25, -0.2) is 26.5 Å². The summed E-state index contributed by atoms with van der Waals surface area (Å²) in [4.78, 5) is 7.42. The highest BCUT2D eigenvalue weighted by Crippen LogP contribution is 2.20. The number of nitrogens with one attached hydrogen (secondary N) is 1. The summed E-state index contributed by atoms with van der Waals surface area (Å²) in [5, 5.41) is 2.28. The van der Waals surface area contributed by atoms with Gasteiger partial charge in [0.05, 0.1) is 16.3 Å². The Morgan fingerprint density at radius 2 is 1.59 bits per heavy atom. The van der Waals surface area contributed by atoms with Gasteiger partial charge in [0.2, 0.25) is 19.9 Å². The molecule has 9 nitrogen and oxygen atoms in total. The molecule has 0 saturated carbocycles. The fourth-order valence-electron chi connectivity index (χ4n) is 3.11. The van der Waals surface area contributed by atoms with Crippen molar-refractivity contribution in [2.75, 3.05) is 49.9 Å². The van der Waals surface area contributed by atoms with E-state index in [9.17, 15) is 30.0 Å². The second-order valence-corrected chi connectivity index (χ2v) is 10.8. The summed E-state index contributed by atoms with van der Waals surface area (Å²) in [5.74, 6) is 2.87. The van der Waals surface area contributed by atoms with Crippen molar-refractivity contribution in [3.8, 4) is 11.2 Å². The van der Waals surface area contributed by atoms with E-state index < -0.39 is 32.6 Å². The quantitative estimate of drug-likeness (QED) is 0.431. The molecule has 1 saturated heterocycles. The number of hydrogen-bond donors (Lipinski definition) is 2. The smallest absolute Gasteiger partial charge is 0.384 e. The molecular formula is C20H22F3N5O4S2. The van der Waals surface area contributed by atoms with Gasteiger partial charge in [0.1, 0.15) is 12.4 Å². The van der Waals surface area contributed by atoms with E-state index in [2.05, 4.69) is 16.2 Å². The fraction of sp³-hybridized carbons (Fsp3) is 0.350. The molecule has 1 fully saturated rings. The van der Waals surface area contributed by atoms with Crippen LogP contribution in [0, 0.1) is 11.2 Å². The maximum Gasteiger partial charge on any atom is 0.402 e. The number of sulfonamides is 1. The summed E-state index contributed by atoms with van der Waals surface area (Å²) in [7, 11) is -8.06. The van der Waals surface area contributed by atoms with E-state index in [0.29, 0.717) is 26.2 Å². The van der Waals surface area contributed by atoms with Crippen molar-refractivity contribution in [3.63, 3.8) is 0 Å². The number of alkyl halides is 3. The molecule has 1 aromatic carbocycles. The van der Waals surface area contributed by atoms with Crippen LogP contribution in [0.1, 0.15) is 0 Å². The van der Waals surface area contributed by atoms with Crippen molar-refractivity contribution in [2.45, 2.75) is 16.0 Å². The Balaban J connectivity index is 1.53. The molecule has 0 spiro atoms. The molecular weight excluding hydrogens is 495 g/mol. The van der Waals surface area contributed by atoms with Crippen LogP contribution in [0.5, 0.6) is 0 Å². The Morgan fingerprint density at radius 3 is 2.15 bits per heavy atom. The van der Waals surface area contributed by atoms with Crippen LogP contribution < -0.4 is 15.4 Å². The Morgan fingerprint density at radius 1 is 0.971 bits per heavy atom. The predicted octanol–water partition coefficient (Wildman–Crippen LogP) is 1.06. The van der Waals surface area contributed by atoms with Gasteiger partial charge in [-0.15, -0.1) is 0 Å². The van der Waals surface area contributed by atoms with Gasteiger partial charge in [0, 0.05) is 43.3 Å². The molecule has 0 bridgehead atoms. The molecule has 34 heavy (non-hydrogen) atoms. The average molecular weight is 518 g/mol. The summed E-state index contributed by atoms with van der Waals surface area (Å²) in [5.41, 5.74) is 6.18. The monoisotopic (exact) mass is 517 g/mol. The number of halogens is 3. The van der Waals surface area contributed by atoms with E-state index in [1.165, 1.54) is 41.1 Å². The average Bonchev–Trinajstić information content (AvgIpc) is 2.78. The first-order chi connectivity index (χ1) is 15.9. The third kappa shape index (κ3) is 7.07. The normalized spacial score (nSPS) is 15.6. The Bertz CT molecular complexity index is 1260. The summed E-state index contributed by atoms with van der Waals surface area (Å²) < 4.78 is 86.8. The van der Waals surface area contributed by atoms with Crippen molar-refractivity contribution in [3.05, 3.63) is 42.6 Å². The zero-order valence-electron chi connectivity index (χ0n) is 17.8. The lowest BCUT2D eigenvalue weighted by atomic mass is 10.2. The van der Waals surface area contributed by atoms with Gasteiger partial charge in [0.15, 0.2) is 0 Å². The van der Waals surface area contributed by atoms with E-state index in [4.69, 9.17) is 5.73 Å². The van der Waals surface area contributed by atoms with E-state index in [1.54, 1.807) is 0 Å². The van der Waals surface area contributed by atoms with Crippen molar-refractivity contribution < 1.29 is 30.0 Å². The molecule has 1 aliphatic rings. The van der Waals surface area contributed by atoms with Crippen LogP contribution in [0.4, 0.5) is 24.7 Å². The van der Waals surface area contributed by atoms with Gasteiger partial charge in [0.25, 0.3) is 0 Å². The minimum atomic E-state index is -4.64. The van der Waals surface area contributed by atoms with Crippen molar-refractivity contribution >= 4 is 31.4 Å². The van der Waals surface area contributed by atoms with Gasteiger partial charge in [-0.1, -0.05) is 5.92 Å². The third-order valence-corrected chi connectivity index (χ3v) is 7.62. The molecule has 1 aromatic heterocycles. The second-order valence-electron chi connectivity index (χ2n) is 7.40. The Kier molecular flexibility index (Phi) is 7.71. The standard InChI is InChI=1S/C20H22F3N5O4S2/c21-20(22,23)15-26-34(31,32)17-4-2-16(3-5-17)28-11-9-27(10-12-28)8-1-13-33(29,30)18-6-7-19(24)25-14-18/h2-7,14,26H,8-12,15H2,(H2,24,25). The number of benzene rings is 1. The molecule has 0 radical (unpaired) electrons. The first-order valence-electron chi connectivity index (χ1n) is 9.96. The largest absolute Gasteiger partial charge is 0.402 e. The van der Waals surface area contributed by atoms with E-state index in [-0.39, 0.29) is 22.2 Å². The number of aromatic nitrogens is 1. The third-order valence-electron chi connectivity index (χ3n) is 4.93. The molecule has 2 aromatic rings. The van der Waals surface area contributed by atoms with E-state index >= 15 is 0 Å². The molecule has 14 heteroatoms.